The SMILES string of the molecule is CC1(C)C2CC(N)C(N)C1C2. The summed E-state index contributed by atoms with van der Waals surface area (Å²) in [5, 5.41) is 0. The fraction of sp³-hybridized carbons (Fsp3) is 1.00. The molecule has 2 heteroatoms. The van der Waals surface area contributed by atoms with Crippen LogP contribution in [-0.2, 0) is 0 Å². The largest absolute Gasteiger partial charge is 0.326 e. The van der Waals surface area contributed by atoms with E-state index in [1.807, 2.05) is 0 Å². The van der Waals surface area contributed by atoms with E-state index in [2.05, 4.69) is 13.8 Å². The normalized spacial score (nSPS) is 53.5. The third kappa shape index (κ3) is 0.798. The summed E-state index contributed by atoms with van der Waals surface area (Å²) in [7, 11) is 0. The molecule has 3 aliphatic carbocycles. The summed E-state index contributed by atoms with van der Waals surface area (Å²) in [5.74, 6) is 1.54. The van der Waals surface area contributed by atoms with E-state index in [4.69, 9.17) is 11.5 Å². The number of hydrogen-bond acceptors (Lipinski definition) is 2. The Morgan fingerprint density at radius 1 is 1.18 bits per heavy atom. The van der Waals surface area contributed by atoms with E-state index in [1.165, 1.54) is 6.42 Å². The van der Waals surface area contributed by atoms with Gasteiger partial charge in [0.15, 0.2) is 0 Å². The minimum Gasteiger partial charge on any atom is -0.326 e. The molecule has 4 atom stereocenters. The van der Waals surface area contributed by atoms with Crippen LogP contribution in [0.25, 0.3) is 0 Å². The summed E-state index contributed by atoms with van der Waals surface area (Å²) in [6.07, 6.45) is 2.46. The maximum absolute atomic E-state index is 6.01. The van der Waals surface area contributed by atoms with Gasteiger partial charge in [-0.25, -0.2) is 0 Å². The molecule has 0 aliphatic heterocycles. The third-order valence-electron chi connectivity index (χ3n) is 4.06. The van der Waals surface area contributed by atoms with Gasteiger partial charge < -0.3 is 11.5 Å². The number of fused-ring (bicyclic) bond motifs is 2. The van der Waals surface area contributed by atoms with Crippen molar-refractivity contribution in [1.82, 2.24) is 0 Å². The van der Waals surface area contributed by atoms with Crippen molar-refractivity contribution < 1.29 is 0 Å². The van der Waals surface area contributed by atoms with Crippen molar-refractivity contribution in [3.63, 3.8) is 0 Å². The van der Waals surface area contributed by atoms with Crippen LogP contribution in [-0.4, -0.2) is 12.1 Å². The summed E-state index contributed by atoms with van der Waals surface area (Å²) in [4.78, 5) is 0. The maximum Gasteiger partial charge on any atom is 0.0226 e. The van der Waals surface area contributed by atoms with Crippen molar-refractivity contribution in [3.05, 3.63) is 0 Å². The zero-order chi connectivity index (χ0) is 8.22. The molecule has 4 N–H and O–H groups in total. The van der Waals surface area contributed by atoms with Crippen LogP contribution in [0.15, 0.2) is 0 Å². The van der Waals surface area contributed by atoms with Crippen molar-refractivity contribution in [3.8, 4) is 0 Å². The van der Waals surface area contributed by atoms with Crippen LogP contribution in [0.4, 0.5) is 0 Å². The van der Waals surface area contributed by atoms with Gasteiger partial charge in [-0.1, -0.05) is 13.8 Å². The van der Waals surface area contributed by atoms with Crippen molar-refractivity contribution >= 4 is 0 Å². The lowest BCUT2D eigenvalue weighted by molar-refractivity contribution is -0.0863. The van der Waals surface area contributed by atoms with Crippen LogP contribution >= 0.6 is 0 Å². The fourth-order valence-corrected chi connectivity index (χ4v) is 2.89. The molecule has 64 valence electrons. The van der Waals surface area contributed by atoms with E-state index in [-0.39, 0.29) is 12.1 Å². The Balaban J connectivity index is 2.17. The predicted octanol–water partition coefficient (Wildman–Crippen LogP) is 0.707. The summed E-state index contributed by atoms with van der Waals surface area (Å²) in [6.45, 7) is 4.66. The molecule has 0 aromatic heterocycles. The van der Waals surface area contributed by atoms with Crippen molar-refractivity contribution in [1.29, 1.82) is 0 Å². The standard InChI is InChI=1S/C9H18N2/c1-9(2)5-3-6(9)8(11)7(10)4-5/h5-8H,3-4,10-11H2,1-2H3. The first-order valence-corrected chi connectivity index (χ1v) is 4.54. The Morgan fingerprint density at radius 3 is 2.18 bits per heavy atom. The number of hydrogen-bond donors (Lipinski definition) is 2. The Kier molecular flexibility index (Phi) is 1.37. The van der Waals surface area contributed by atoms with E-state index in [9.17, 15) is 0 Å². The maximum atomic E-state index is 6.01. The van der Waals surface area contributed by atoms with Crippen LogP contribution in [0, 0.1) is 17.3 Å². The highest BCUT2D eigenvalue weighted by molar-refractivity contribution is 5.09. The van der Waals surface area contributed by atoms with Gasteiger partial charge >= 0.3 is 0 Å². The molecule has 3 rings (SSSR count). The fourth-order valence-electron chi connectivity index (χ4n) is 2.89. The molecular weight excluding hydrogens is 136 g/mol. The topological polar surface area (TPSA) is 52.0 Å². The van der Waals surface area contributed by atoms with E-state index in [1.54, 1.807) is 0 Å². The quantitative estimate of drug-likeness (QED) is 0.540. The molecule has 0 radical (unpaired) electrons. The van der Waals surface area contributed by atoms with Gasteiger partial charge in [0.1, 0.15) is 0 Å². The minimum absolute atomic E-state index is 0.259. The van der Waals surface area contributed by atoms with Gasteiger partial charge in [-0.2, -0.15) is 0 Å². The Labute approximate surface area is 68.3 Å². The summed E-state index contributed by atoms with van der Waals surface area (Å²) in [6, 6.07) is 0.529. The average molecular weight is 154 g/mol. The molecule has 0 saturated heterocycles. The first-order chi connectivity index (χ1) is 5.03. The van der Waals surface area contributed by atoms with Gasteiger partial charge in [-0.15, -0.1) is 0 Å². The van der Waals surface area contributed by atoms with Gasteiger partial charge in [0.2, 0.25) is 0 Å². The highest BCUT2D eigenvalue weighted by Crippen LogP contribution is 2.58. The summed E-state index contributed by atoms with van der Waals surface area (Å²) >= 11 is 0. The smallest absolute Gasteiger partial charge is 0.0226 e. The van der Waals surface area contributed by atoms with Crippen LogP contribution in [0.2, 0.25) is 0 Å². The molecule has 0 aromatic rings. The first kappa shape index (κ1) is 7.56. The van der Waals surface area contributed by atoms with E-state index in [0.717, 1.165) is 12.3 Å². The summed E-state index contributed by atoms with van der Waals surface area (Å²) in [5.41, 5.74) is 12.4. The molecule has 2 nitrogen and oxygen atoms in total. The molecular formula is C9H18N2. The molecule has 3 aliphatic rings. The Hall–Kier alpha value is -0.0800. The second-order valence-electron chi connectivity index (χ2n) is 4.84. The van der Waals surface area contributed by atoms with Gasteiger partial charge in [-0.05, 0) is 30.1 Å². The average Bonchev–Trinajstić information content (AvgIpc) is 1.93. The predicted molar refractivity (Wildman–Crippen MR) is 45.9 cm³/mol. The number of rotatable bonds is 0. The molecule has 3 saturated carbocycles. The third-order valence-corrected chi connectivity index (χ3v) is 4.06. The van der Waals surface area contributed by atoms with E-state index >= 15 is 0 Å². The lowest BCUT2D eigenvalue weighted by Gasteiger charge is -2.61. The molecule has 2 bridgehead atoms. The first-order valence-electron chi connectivity index (χ1n) is 4.54. The molecule has 0 spiro atoms. The minimum atomic E-state index is 0.259. The van der Waals surface area contributed by atoms with Gasteiger partial charge in [-0.3, -0.25) is 0 Å². The molecule has 11 heavy (non-hydrogen) atoms. The zero-order valence-electron chi connectivity index (χ0n) is 7.38. The van der Waals surface area contributed by atoms with Gasteiger partial charge in [0, 0.05) is 12.1 Å². The van der Waals surface area contributed by atoms with Crippen LogP contribution in [0.3, 0.4) is 0 Å². The number of nitrogens with two attached hydrogens (primary N) is 2. The second kappa shape index (κ2) is 1.99. The van der Waals surface area contributed by atoms with E-state index in [0.29, 0.717) is 11.3 Å². The lowest BCUT2D eigenvalue weighted by atomic mass is 9.46. The highest BCUT2D eigenvalue weighted by Gasteiger charge is 2.55. The molecule has 0 heterocycles. The van der Waals surface area contributed by atoms with E-state index < -0.39 is 0 Å². The monoisotopic (exact) mass is 154 g/mol. The summed E-state index contributed by atoms with van der Waals surface area (Å²) < 4.78 is 0. The molecule has 0 aromatic carbocycles. The highest BCUT2D eigenvalue weighted by atomic mass is 14.9. The zero-order valence-corrected chi connectivity index (χ0v) is 7.38. The Bertz CT molecular complexity index is 176. The van der Waals surface area contributed by atoms with Crippen molar-refractivity contribution in [2.24, 2.45) is 28.7 Å². The van der Waals surface area contributed by atoms with Crippen LogP contribution < -0.4 is 11.5 Å². The van der Waals surface area contributed by atoms with Gasteiger partial charge in [0.25, 0.3) is 0 Å². The van der Waals surface area contributed by atoms with Crippen molar-refractivity contribution in [2.75, 3.05) is 0 Å². The molecule has 4 unspecified atom stereocenters. The molecule has 0 amide bonds. The van der Waals surface area contributed by atoms with Crippen LogP contribution in [0.5, 0.6) is 0 Å². The van der Waals surface area contributed by atoms with Crippen LogP contribution in [0.1, 0.15) is 26.7 Å². The second-order valence-corrected chi connectivity index (χ2v) is 4.84. The van der Waals surface area contributed by atoms with Gasteiger partial charge in [0.05, 0.1) is 0 Å². The lowest BCUT2D eigenvalue weighted by Crippen LogP contribution is -2.65. The Morgan fingerprint density at radius 2 is 1.82 bits per heavy atom. The van der Waals surface area contributed by atoms with Crippen molar-refractivity contribution in [2.45, 2.75) is 38.8 Å². The molecule has 3 fully saturated rings.